The number of para-hydroxylation sites is 8. The van der Waals surface area contributed by atoms with Gasteiger partial charge in [-0.2, -0.15) is 0 Å². The van der Waals surface area contributed by atoms with Gasteiger partial charge in [-0.1, -0.05) is 194 Å². The van der Waals surface area contributed by atoms with Crippen molar-refractivity contribution in [2.75, 3.05) is 0 Å². The molecular formula is C72H48N4. The topological polar surface area (TPSA) is 19.7 Å². The Kier molecular flexibility index (Phi) is 10.2. The normalized spacial score (nSPS) is 11.7. The predicted molar refractivity (Wildman–Crippen MR) is 321 cm³/mol. The Bertz CT molecular complexity index is 4000. The van der Waals surface area contributed by atoms with Crippen molar-refractivity contribution in [3.8, 4) is 45.0 Å². The average Bonchev–Trinajstić information content (AvgIpc) is 4.24. The Labute approximate surface area is 439 Å². The number of fused-ring (bicyclic) bond motifs is 12. The minimum atomic E-state index is 1.17. The van der Waals surface area contributed by atoms with Gasteiger partial charge in [-0.25, -0.2) is 0 Å². The lowest BCUT2D eigenvalue weighted by atomic mass is 10.0. The molecule has 0 spiro atoms. The Balaban J connectivity index is 0.000000133. The first-order chi connectivity index (χ1) is 37.7. The molecule has 356 valence electrons. The van der Waals surface area contributed by atoms with Crippen LogP contribution in [0, 0.1) is 0 Å². The van der Waals surface area contributed by atoms with E-state index in [4.69, 9.17) is 0 Å². The number of hydrogen-bond donors (Lipinski definition) is 0. The predicted octanol–water partition coefficient (Wildman–Crippen LogP) is 19.1. The summed E-state index contributed by atoms with van der Waals surface area (Å²) in [6.07, 6.45) is 0. The molecule has 0 saturated carbocycles. The Hall–Kier alpha value is -10.2. The van der Waals surface area contributed by atoms with Gasteiger partial charge >= 0.3 is 0 Å². The zero-order chi connectivity index (χ0) is 50.1. The molecule has 0 bridgehead atoms. The van der Waals surface area contributed by atoms with E-state index in [9.17, 15) is 0 Å². The lowest BCUT2D eigenvalue weighted by Gasteiger charge is -2.11. The molecule has 12 aromatic carbocycles. The van der Waals surface area contributed by atoms with Gasteiger partial charge in [-0.15, -0.1) is 0 Å². The molecule has 0 aliphatic heterocycles. The molecule has 0 atom stereocenters. The van der Waals surface area contributed by atoms with Gasteiger partial charge in [-0.3, -0.25) is 0 Å². The first-order valence-electron chi connectivity index (χ1n) is 26.1. The van der Waals surface area contributed by atoms with Crippen LogP contribution in [0.3, 0.4) is 0 Å². The quantitative estimate of drug-likeness (QED) is 0.158. The van der Waals surface area contributed by atoms with Crippen LogP contribution in [0.1, 0.15) is 0 Å². The van der Waals surface area contributed by atoms with E-state index in [0.717, 1.165) is 0 Å². The molecule has 0 saturated heterocycles. The lowest BCUT2D eigenvalue weighted by Crippen LogP contribution is -1.94. The summed E-state index contributed by atoms with van der Waals surface area (Å²) in [5.41, 5.74) is 19.4. The molecule has 0 unspecified atom stereocenters. The molecule has 0 fully saturated rings. The maximum atomic E-state index is 2.36. The van der Waals surface area contributed by atoms with Crippen LogP contribution in [0.15, 0.2) is 291 Å². The van der Waals surface area contributed by atoms with Crippen molar-refractivity contribution >= 4 is 87.2 Å². The van der Waals surface area contributed by atoms with Gasteiger partial charge in [0.05, 0.1) is 44.1 Å². The van der Waals surface area contributed by atoms with Crippen molar-refractivity contribution in [1.29, 1.82) is 0 Å². The average molecular weight is 969 g/mol. The van der Waals surface area contributed by atoms with E-state index in [1.165, 1.54) is 132 Å². The second-order valence-electron chi connectivity index (χ2n) is 19.7. The fourth-order valence-electron chi connectivity index (χ4n) is 12.0. The Morgan fingerprint density at radius 1 is 0.132 bits per heavy atom. The molecule has 0 aliphatic carbocycles. The van der Waals surface area contributed by atoms with Crippen LogP contribution in [-0.4, -0.2) is 18.3 Å². The van der Waals surface area contributed by atoms with Crippen LogP contribution >= 0.6 is 0 Å². The van der Waals surface area contributed by atoms with Crippen LogP contribution in [0.2, 0.25) is 0 Å². The monoisotopic (exact) mass is 968 g/mol. The lowest BCUT2D eigenvalue weighted by molar-refractivity contribution is 1.18. The van der Waals surface area contributed by atoms with Crippen LogP contribution in [0.4, 0.5) is 0 Å². The third-order valence-electron chi connectivity index (χ3n) is 15.5. The van der Waals surface area contributed by atoms with E-state index in [0.29, 0.717) is 0 Å². The van der Waals surface area contributed by atoms with Gasteiger partial charge in [0.15, 0.2) is 0 Å². The largest absolute Gasteiger partial charge is 0.309 e. The third kappa shape index (κ3) is 7.00. The summed E-state index contributed by atoms with van der Waals surface area (Å²) in [7, 11) is 0. The minimum absolute atomic E-state index is 1.17. The van der Waals surface area contributed by atoms with Gasteiger partial charge in [-0.05, 0) is 119 Å². The Morgan fingerprint density at radius 2 is 0.263 bits per heavy atom. The molecule has 0 radical (unpaired) electrons. The molecule has 16 rings (SSSR count). The van der Waals surface area contributed by atoms with Gasteiger partial charge < -0.3 is 18.3 Å². The molecule has 16 aromatic rings. The molecule has 4 aromatic heterocycles. The van der Waals surface area contributed by atoms with E-state index < -0.39 is 0 Å². The highest BCUT2D eigenvalue weighted by molar-refractivity contribution is 6.12. The van der Waals surface area contributed by atoms with Gasteiger partial charge in [0.25, 0.3) is 0 Å². The van der Waals surface area contributed by atoms with E-state index in [2.05, 4.69) is 309 Å². The van der Waals surface area contributed by atoms with E-state index in [1.54, 1.807) is 0 Å². The van der Waals surface area contributed by atoms with E-state index in [1.807, 2.05) is 0 Å². The summed E-state index contributed by atoms with van der Waals surface area (Å²) in [4.78, 5) is 0. The first kappa shape index (κ1) is 43.4. The highest BCUT2D eigenvalue weighted by Crippen LogP contribution is 2.37. The maximum absolute atomic E-state index is 2.36. The van der Waals surface area contributed by atoms with Crippen LogP contribution in [0.5, 0.6) is 0 Å². The van der Waals surface area contributed by atoms with Crippen molar-refractivity contribution in [2.45, 2.75) is 0 Å². The summed E-state index contributed by atoms with van der Waals surface area (Å²) >= 11 is 0. The van der Waals surface area contributed by atoms with Crippen LogP contribution in [0.25, 0.3) is 132 Å². The van der Waals surface area contributed by atoms with Gasteiger partial charge in [0.2, 0.25) is 0 Å². The zero-order valence-corrected chi connectivity index (χ0v) is 41.5. The molecule has 4 nitrogen and oxygen atoms in total. The van der Waals surface area contributed by atoms with Crippen molar-refractivity contribution < 1.29 is 0 Å². The summed E-state index contributed by atoms with van der Waals surface area (Å²) in [6, 6.07) is 105. The summed E-state index contributed by atoms with van der Waals surface area (Å²) in [5.74, 6) is 0. The highest BCUT2D eigenvalue weighted by Gasteiger charge is 2.16. The second kappa shape index (κ2) is 17.8. The van der Waals surface area contributed by atoms with Crippen molar-refractivity contribution in [3.63, 3.8) is 0 Å². The number of hydrogen-bond acceptors (Lipinski definition) is 0. The first-order valence-corrected chi connectivity index (χ1v) is 26.1. The fraction of sp³-hybridized carbons (Fsp3) is 0. The van der Waals surface area contributed by atoms with Crippen molar-refractivity contribution in [3.05, 3.63) is 291 Å². The molecule has 0 N–H and O–H groups in total. The SMILES string of the molecule is c1ccc2c(c1)c1ccccc1n2-c1ccc(-c2ccc(-n3c4ccccc4c4ccccc43)cc2)cc1.c1ccc2c(c1)c1ccccc1n2-c1ccc(-c2ccc(-n3c4ccccc4c4ccccc43)cc2)cc1. The van der Waals surface area contributed by atoms with E-state index >= 15 is 0 Å². The van der Waals surface area contributed by atoms with Crippen molar-refractivity contribution in [1.82, 2.24) is 18.3 Å². The summed E-state index contributed by atoms with van der Waals surface area (Å²) in [5, 5.41) is 10.3. The molecule has 0 amide bonds. The standard InChI is InChI=1S/2C36H24N2/c2*1-5-13-33-29(9-1)30-10-2-6-14-34(30)37(33)27-21-17-25(18-22-27)26-19-23-28(24-20-26)38-35-15-7-3-11-31(35)32-12-4-8-16-36(32)38/h2*1-24H. The molecule has 0 aliphatic rings. The smallest absolute Gasteiger partial charge is 0.0541 e. The van der Waals surface area contributed by atoms with Crippen LogP contribution < -0.4 is 0 Å². The van der Waals surface area contributed by atoms with Crippen LogP contribution in [-0.2, 0) is 0 Å². The molecular weight excluding hydrogens is 921 g/mol. The maximum Gasteiger partial charge on any atom is 0.0541 e. The summed E-state index contributed by atoms with van der Waals surface area (Å²) < 4.78 is 9.44. The number of aromatic nitrogens is 4. The molecule has 76 heavy (non-hydrogen) atoms. The minimum Gasteiger partial charge on any atom is -0.309 e. The summed E-state index contributed by atoms with van der Waals surface area (Å²) in [6.45, 7) is 0. The molecule has 4 heterocycles. The molecule has 4 heteroatoms. The van der Waals surface area contributed by atoms with E-state index in [-0.39, 0.29) is 0 Å². The van der Waals surface area contributed by atoms with Gasteiger partial charge in [0, 0.05) is 65.8 Å². The number of rotatable bonds is 6. The third-order valence-corrected chi connectivity index (χ3v) is 15.5. The zero-order valence-electron chi connectivity index (χ0n) is 41.5. The second-order valence-corrected chi connectivity index (χ2v) is 19.7. The number of benzene rings is 12. The Morgan fingerprint density at radius 3 is 0.408 bits per heavy atom. The highest BCUT2D eigenvalue weighted by atomic mass is 15.0. The number of nitrogens with zero attached hydrogens (tertiary/aromatic N) is 4. The fourth-order valence-corrected chi connectivity index (χ4v) is 12.0. The van der Waals surface area contributed by atoms with Gasteiger partial charge in [0.1, 0.15) is 0 Å². The van der Waals surface area contributed by atoms with Crippen molar-refractivity contribution in [2.24, 2.45) is 0 Å².